The Hall–Kier alpha value is -2.15. The van der Waals surface area contributed by atoms with Gasteiger partial charge >= 0.3 is 0 Å². The Morgan fingerprint density at radius 2 is 1.29 bits per heavy atom. The number of thiophene rings is 1. The minimum absolute atomic E-state index is 0.707. The van der Waals surface area contributed by atoms with E-state index in [9.17, 15) is 0 Å². The molecule has 0 unspecified atom stereocenters. The predicted molar refractivity (Wildman–Crippen MR) is 246 cm³/mol. The van der Waals surface area contributed by atoms with Crippen LogP contribution in [0.4, 0.5) is 0 Å². The van der Waals surface area contributed by atoms with Crippen LogP contribution in [0, 0.1) is 12.8 Å². The summed E-state index contributed by atoms with van der Waals surface area (Å²) in [5, 5.41) is 5.84. The van der Waals surface area contributed by atoms with Gasteiger partial charge in [-0.1, -0.05) is 216 Å². The molecule has 2 aromatic heterocycles. The molecule has 1 aliphatic carbocycles. The fourth-order valence-electron chi connectivity index (χ4n) is 5.58. The minimum Gasteiger partial charge on any atom is -0.469 e. The molecule has 52 heavy (non-hydrogen) atoms. The highest BCUT2D eigenvalue weighted by Crippen LogP contribution is 2.21. The number of furan rings is 1. The molecule has 0 atom stereocenters. The van der Waals surface area contributed by atoms with E-state index in [2.05, 4.69) is 146 Å². The van der Waals surface area contributed by atoms with Gasteiger partial charge in [-0.05, 0) is 65.8 Å². The van der Waals surface area contributed by atoms with Gasteiger partial charge in [-0.3, -0.25) is 0 Å². The van der Waals surface area contributed by atoms with E-state index in [4.69, 9.17) is 4.42 Å². The molecule has 1 fully saturated rings. The molecule has 294 valence electrons. The molecule has 1 aliphatic rings. The van der Waals surface area contributed by atoms with Crippen molar-refractivity contribution in [2.45, 2.75) is 177 Å². The van der Waals surface area contributed by atoms with E-state index in [1.807, 2.05) is 18.2 Å². The van der Waals surface area contributed by atoms with Crippen molar-refractivity contribution < 1.29 is 4.42 Å². The number of aryl methyl sites for hydroxylation is 4. The first-order valence-corrected chi connectivity index (χ1v) is 29.0. The van der Waals surface area contributed by atoms with Crippen LogP contribution in [-0.4, -0.2) is 16.1 Å². The zero-order valence-corrected chi connectivity index (χ0v) is 39.0. The smallest absolute Gasteiger partial charge is 0.103 e. The van der Waals surface area contributed by atoms with Crippen LogP contribution in [0.25, 0.3) is 0 Å². The summed E-state index contributed by atoms with van der Waals surface area (Å²) in [4.78, 5) is 0. The summed E-state index contributed by atoms with van der Waals surface area (Å²) in [5.74, 6) is 2.07. The van der Waals surface area contributed by atoms with Gasteiger partial charge in [0.1, 0.15) is 5.76 Å². The lowest BCUT2D eigenvalue weighted by Gasteiger charge is -2.16. The van der Waals surface area contributed by atoms with Crippen LogP contribution in [0.5, 0.6) is 0 Å². The van der Waals surface area contributed by atoms with Crippen molar-refractivity contribution in [2.75, 3.05) is 0 Å². The van der Waals surface area contributed by atoms with Gasteiger partial charge in [0.2, 0.25) is 0 Å². The van der Waals surface area contributed by atoms with Crippen molar-refractivity contribution in [2.24, 2.45) is 5.92 Å². The Morgan fingerprint density at radius 3 is 1.67 bits per heavy atom. The zero-order chi connectivity index (χ0) is 39.1. The summed E-state index contributed by atoms with van der Waals surface area (Å²) in [6.45, 7) is 27.7. The SMILES string of the molecule is CC1CCCCCCC1.CCCCCC[Si](C)(C)C.CCc1ccccc1.CCc1ccco1.CCc1ccsc1.Cc1cccc([Si](C)(C)C)c1. The summed E-state index contributed by atoms with van der Waals surface area (Å²) in [6, 6.07) is 26.9. The van der Waals surface area contributed by atoms with Crippen LogP contribution in [0.1, 0.15) is 128 Å². The van der Waals surface area contributed by atoms with Crippen molar-refractivity contribution in [1.29, 1.82) is 0 Å². The second-order valence-electron chi connectivity index (χ2n) is 16.7. The molecular formula is C48H82OSSi2. The van der Waals surface area contributed by atoms with Crippen molar-refractivity contribution >= 4 is 32.7 Å². The van der Waals surface area contributed by atoms with Crippen LogP contribution in [0.2, 0.25) is 45.3 Å². The Labute approximate surface area is 330 Å². The number of hydrogen-bond donors (Lipinski definition) is 0. The highest BCUT2D eigenvalue weighted by atomic mass is 32.1. The first kappa shape index (κ1) is 49.9. The molecule has 2 heterocycles. The third kappa shape index (κ3) is 30.3. The Morgan fingerprint density at radius 1 is 0.654 bits per heavy atom. The number of unbranched alkanes of at least 4 members (excludes halogenated alkanes) is 3. The quantitative estimate of drug-likeness (QED) is 0.122. The van der Waals surface area contributed by atoms with Gasteiger partial charge in [0.15, 0.2) is 0 Å². The molecule has 0 spiro atoms. The highest BCUT2D eigenvalue weighted by Gasteiger charge is 2.15. The molecule has 1 nitrogen and oxygen atoms in total. The normalized spacial score (nSPS) is 13.0. The monoisotopic (exact) mass is 763 g/mol. The van der Waals surface area contributed by atoms with Gasteiger partial charge in [0.25, 0.3) is 0 Å². The lowest BCUT2D eigenvalue weighted by molar-refractivity contribution is 0.404. The lowest BCUT2D eigenvalue weighted by Crippen LogP contribution is -2.37. The predicted octanol–water partition coefficient (Wildman–Crippen LogP) is 16.2. The Kier molecular flexibility index (Phi) is 29.9. The van der Waals surface area contributed by atoms with Crippen molar-refractivity contribution in [3.05, 3.63) is 112 Å². The summed E-state index contributed by atoms with van der Waals surface area (Å²) < 4.78 is 4.98. The summed E-state index contributed by atoms with van der Waals surface area (Å²) >= 11 is 1.76. The second kappa shape index (κ2) is 31.2. The molecule has 5 rings (SSSR count). The van der Waals surface area contributed by atoms with E-state index >= 15 is 0 Å². The number of rotatable bonds is 9. The maximum absolute atomic E-state index is 4.98. The number of benzene rings is 2. The van der Waals surface area contributed by atoms with Crippen LogP contribution in [-0.2, 0) is 19.3 Å². The van der Waals surface area contributed by atoms with E-state index in [1.54, 1.807) is 22.8 Å². The summed E-state index contributed by atoms with van der Waals surface area (Å²) in [7, 11) is -1.77. The third-order valence-electron chi connectivity index (χ3n) is 9.23. The average molecular weight is 763 g/mol. The van der Waals surface area contributed by atoms with Crippen molar-refractivity contribution in [3.8, 4) is 0 Å². The van der Waals surface area contributed by atoms with E-state index in [-0.39, 0.29) is 0 Å². The average Bonchev–Trinajstić information content (AvgIpc) is 3.85. The number of hydrogen-bond acceptors (Lipinski definition) is 2. The van der Waals surface area contributed by atoms with Gasteiger partial charge < -0.3 is 4.42 Å². The fourth-order valence-corrected chi connectivity index (χ4v) is 8.89. The molecule has 2 aromatic carbocycles. The lowest BCUT2D eigenvalue weighted by atomic mass is 9.93. The van der Waals surface area contributed by atoms with Gasteiger partial charge in [-0.2, -0.15) is 11.3 Å². The molecule has 0 radical (unpaired) electrons. The topological polar surface area (TPSA) is 13.1 Å². The van der Waals surface area contributed by atoms with E-state index in [1.165, 1.54) is 99.8 Å². The highest BCUT2D eigenvalue weighted by molar-refractivity contribution is 7.07. The Balaban J connectivity index is 0.000000604. The molecule has 0 amide bonds. The second-order valence-corrected chi connectivity index (χ2v) is 28.2. The van der Waals surface area contributed by atoms with E-state index in [0.29, 0.717) is 0 Å². The fraction of sp³-hybridized carbons (Fsp3) is 0.583. The van der Waals surface area contributed by atoms with E-state index < -0.39 is 16.1 Å². The molecule has 4 heteroatoms. The first-order chi connectivity index (χ1) is 24.7. The maximum Gasteiger partial charge on any atom is 0.103 e. The van der Waals surface area contributed by atoms with Crippen molar-refractivity contribution in [3.63, 3.8) is 0 Å². The van der Waals surface area contributed by atoms with Crippen LogP contribution in [0.3, 0.4) is 0 Å². The largest absolute Gasteiger partial charge is 0.469 e. The Bertz CT molecular complexity index is 1240. The molecular weight excluding hydrogens is 681 g/mol. The standard InChI is InChI=1S/C10H16Si.C9H22Si.C9H18.C8H10.C6H8O.C6H8S/c1-9-6-5-7-10(8-9)11(2,3)4;1-5-6-7-8-9-10(2,3)4;1-9-7-5-3-2-4-6-8-9;1-2-8-6-4-3-5-7-8;1-2-6-4-3-5-7-6;1-2-6-3-4-7-5-6/h5-8H,1-4H3;5-9H2,1-4H3;9H,2-8H2,1H3;3-7H,2H2,1H3;2*3-5H,2H2,1H3. The van der Waals surface area contributed by atoms with Gasteiger partial charge in [-0.25, -0.2) is 0 Å². The maximum atomic E-state index is 4.98. The van der Waals surface area contributed by atoms with Crippen LogP contribution in [0.15, 0.2) is 94.2 Å². The molecule has 0 aliphatic heterocycles. The molecule has 4 aromatic rings. The first-order valence-electron chi connectivity index (χ1n) is 20.9. The zero-order valence-electron chi connectivity index (χ0n) is 36.2. The van der Waals surface area contributed by atoms with E-state index in [0.717, 1.165) is 24.5 Å². The van der Waals surface area contributed by atoms with Crippen LogP contribution >= 0.6 is 11.3 Å². The van der Waals surface area contributed by atoms with Crippen molar-refractivity contribution in [1.82, 2.24) is 0 Å². The van der Waals surface area contributed by atoms with Gasteiger partial charge in [-0.15, -0.1) is 0 Å². The summed E-state index contributed by atoms with van der Waals surface area (Å²) in [6.07, 6.45) is 21.2. The van der Waals surface area contributed by atoms with Gasteiger partial charge in [0, 0.05) is 14.5 Å². The van der Waals surface area contributed by atoms with Crippen LogP contribution < -0.4 is 5.19 Å². The molecule has 0 N–H and O–H groups in total. The third-order valence-corrected chi connectivity index (χ3v) is 13.9. The molecule has 0 bridgehead atoms. The summed E-state index contributed by atoms with van der Waals surface area (Å²) in [5.41, 5.74) is 4.24. The minimum atomic E-state index is -1.06. The molecule has 1 saturated carbocycles. The molecule has 0 saturated heterocycles. The van der Waals surface area contributed by atoms with Gasteiger partial charge in [0.05, 0.1) is 14.3 Å².